The normalized spacial score (nSPS) is 14.8. The zero-order valence-corrected chi connectivity index (χ0v) is 20.9. The van der Waals surface area contributed by atoms with Crippen molar-refractivity contribution in [3.63, 3.8) is 0 Å². The molecule has 0 saturated heterocycles. The summed E-state index contributed by atoms with van der Waals surface area (Å²) < 4.78 is 17.5. The zero-order chi connectivity index (χ0) is 25.2. The summed E-state index contributed by atoms with van der Waals surface area (Å²) in [5, 5.41) is 0.763. The molecule has 7 heteroatoms. The molecule has 0 fully saturated rings. The summed E-state index contributed by atoms with van der Waals surface area (Å²) in [5.74, 6) is 0.872. The van der Waals surface area contributed by atoms with Gasteiger partial charge < -0.3 is 18.8 Å². The highest BCUT2D eigenvalue weighted by molar-refractivity contribution is 6.31. The summed E-state index contributed by atoms with van der Waals surface area (Å²) in [7, 11) is 1.57. The first-order chi connectivity index (χ1) is 17.5. The van der Waals surface area contributed by atoms with Gasteiger partial charge in [-0.3, -0.25) is 9.59 Å². The third kappa shape index (κ3) is 4.33. The van der Waals surface area contributed by atoms with Crippen LogP contribution >= 0.6 is 11.6 Å². The summed E-state index contributed by atoms with van der Waals surface area (Å²) in [5.41, 5.74) is 2.02. The Bertz CT molecular complexity index is 1480. The first kappa shape index (κ1) is 23.9. The summed E-state index contributed by atoms with van der Waals surface area (Å²) >= 11 is 6.18. The first-order valence-corrected chi connectivity index (χ1v) is 12.3. The lowest BCUT2D eigenvalue weighted by molar-refractivity contribution is 0.0714. The van der Waals surface area contributed by atoms with E-state index in [9.17, 15) is 9.59 Å². The van der Waals surface area contributed by atoms with Gasteiger partial charge in [0, 0.05) is 11.6 Å². The van der Waals surface area contributed by atoms with Gasteiger partial charge in [0.25, 0.3) is 5.91 Å². The maximum atomic E-state index is 13.7. The number of methoxy groups -OCH3 is 1. The van der Waals surface area contributed by atoms with Crippen molar-refractivity contribution < 1.29 is 18.7 Å². The molecule has 0 bridgehead atoms. The standard InChI is InChI=1S/C29H26ClNO5/c1-3-4-14-35-23-12-10-19(15-24(23)34-2)26-25-27(32)21-16-20(30)11-13-22(21)36-28(25)29(33)31(26)17-18-8-6-5-7-9-18/h5-13,15-16,26H,3-4,14,17H2,1-2H3. The second-order valence-corrected chi connectivity index (χ2v) is 9.18. The predicted molar refractivity (Wildman–Crippen MR) is 139 cm³/mol. The van der Waals surface area contributed by atoms with Crippen LogP contribution in [-0.4, -0.2) is 24.5 Å². The Morgan fingerprint density at radius 1 is 1.00 bits per heavy atom. The van der Waals surface area contributed by atoms with E-state index < -0.39 is 6.04 Å². The highest BCUT2D eigenvalue weighted by atomic mass is 35.5. The highest BCUT2D eigenvalue weighted by Gasteiger charge is 2.43. The van der Waals surface area contributed by atoms with E-state index >= 15 is 0 Å². The molecule has 3 aromatic carbocycles. The molecule has 0 N–H and O–H groups in total. The summed E-state index contributed by atoms with van der Waals surface area (Å²) in [4.78, 5) is 29.1. The van der Waals surface area contributed by atoms with Gasteiger partial charge in [0.05, 0.1) is 30.7 Å². The third-order valence-corrected chi connectivity index (χ3v) is 6.62. The monoisotopic (exact) mass is 503 g/mol. The van der Waals surface area contributed by atoms with Crippen LogP contribution in [0.25, 0.3) is 11.0 Å². The van der Waals surface area contributed by atoms with E-state index in [0.717, 1.165) is 24.0 Å². The van der Waals surface area contributed by atoms with E-state index in [4.69, 9.17) is 25.5 Å². The number of hydrogen-bond donors (Lipinski definition) is 0. The van der Waals surface area contributed by atoms with Crippen molar-refractivity contribution in [3.05, 3.63) is 104 Å². The fraction of sp³-hybridized carbons (Fsp3) is 0.241. The minimum absolute atomic E-state index is 0.0537. The molecule has 4 aromatic rings. The molecule has 1 atom stereocenters. The Morgan fingerprint density at radius 3 is 2.56 bits per heavy atom. The van der Waals surface area contributed by atoms with E-state index in [1.165, 1.54) is 0 Å². The maximum absolute atomic E-state index is 13.7. The molecule has 0 radical (unpaired) electrons. The predicted octanol–water partition coefficient (Wildman–Crippen LogP) is 6.38. The number of carbonyl (C=O) groups excluding carboxylic acids is 1. The molecule has 5 rings (SSSR count). The number of hydrogen-bond acceptors (Lipinski definition) is 5. The maximum Gasteiger partial charge on any atom is 0.291 e. The molecule has 1 aliphatic rings. The third-order valence-electron chi connectivity index (χ3n) is 6.38. The molecule has 1 amide bonds. The Hall–Kier alpha value is -3.77. The van der Waals surface area contributed by atoms with Gasteiger partial charge in [-0.1, -0.05) is 61.3 Å². The molecule has 1 aromatic heterocycles. The fourth-order valence-corrected chi connectivity index (χ4v) is 4.75. The number of rotatable bonds is 8. The molecule has 0 spiro atoms. The van der Waals surface area contributed by atoms with Gasteiger partial charge in [0.2, 0.25) is 5.76 Å². The van der Waals surface area contributed by atoms with Gasteiger partial charge in [0.1, 0.15) is 5.58 Å². The van der Waals surface area contributed by atoms with Crippen molar-refractivity contribution in [1.82, 2.24) is 4.90 Å². The number of amides is 1. The van der Waals surface area contributed by atoms with Crippen LogP contribution in [0.1, 0.15) is 53.1 Å². The Morgan fingerprint density at radius 2 is 1.81 bits per heavy atom. The van der Waals surface area contributed by atoms with E-state index in [1.54, 1.807) is 30.2 Å². The lowest BCUT2D eigenvalue weighted by Crippen LogP contribution is -2.29. The Kier molecular flexibility index (Phi) is 6.70. The zero-order valence-electron chi connectivity index (χ0n) is 20.1. The topological polar surface area (TPSA) is 69.0 Å². The number of benzene rings is 3. The minimum atomic E-state index is -0.661. The average Bonchev–Trinajstić information content (AvgIpc) is 3.17. The molecule has 36 heavy (non-hydrogen) atoms. The van der Waals surface area contributed by atoms with E-state index in [0.29, 0.717) is 46.2 Å². The number of nitrogens with zero attached hydrogens (tertiary/aromatic N) is 1. The largest absolute Gasteiger partial charge is 0.493 e. The molecule has 184 valence electrons. The van der Waals surface area contributed by atoms with Crippen LogP contribution in [0.3, 0.4) is 0 Å². The van der Waals surface area contributed by atoms with Crippen molar-refractivity contribution in [2.24, 2.45) is 0 Å². The van der Waals surface area contributed by atoms with Crippen LogP contribution in [0.15, 0.2) is 75.9 Å². The van der Waals surface area contributed by atoms with Gasteiger partial charge >= 0.3 is 0 Å². The molecule has 2 heterocycles. The summed E-state index contributed by atoms with van der Waals surface area (Å²) in [6, 6.07) is 19.4. The number of halogens is 1. The average molecular weight is 504 g/mol. The van der Waals surface area contributed by atoms with Crippen molar-refractivity contribution >= 4 is 28.5 Å². The van der Waals surface area contributed by atoms with Crippen LogP contribution in [0.5, 0.6) is 11.5 Å². The first-order valence-electron chi connectivity index (χ1n) is 11.9. The molecular formula is C29H26ClNO5. The quantitative estimate of drug-likeness (QED) is 0.261. The van der Waals surface area contributed by atoms with E-state index in [1.807, 2.05) is 48.5 Å². The van der Waals surface area contributed by atoms with Crippen LogP contribution in [0, 0.1) is 0 Å². The van der Waals surface area contributed by atoms with Crippen LogP contribution < -0.4 is 14.9 Å². The molecular weight excluding hydrogens is 478 g/mol. The van der Waals surface area contributed by atoms with Crippen molar-refractivity contribution in [2.75, 3.05) is 13.7 Å². The second kappa shape index (κ2) is 10.1. The van der Waals surface area contributed by atoms with Crippen LogP contribution in [0.2, 0.25) is 5.02 Å². The van der Waals surface area contributed by atoms with Gasteiger partial charge in [-0.15, -0.1) is 0 Å². The van der Waals surface area contributed by atoms with Crippen LogP contribution in [-0.2, 0) is 6.54 Å². The minimum Gasteiger partial charge on any atom is -0.493 e. The Balaban J connectivity index is 1.66. The molecule has 1 unspecified atom stereocenters. The number of fused-ring (bicyclic) bond motifs is 2. The lowest BCUT2D eigenvalue weighted by Gasteiger charge is -2.26. The van der Waals surface area contributed by atoms with Crippen molar-refractivity contribution in [2.45, 2.75) is 32.4 Å². The van der Waals surface area contributed by atoms with Gasteiger partial charge in [-0.05, 0) is 47.9 Å². The number of ether oxygens (including phenoxy) is 2. The van der Waals surface area contributed by atoms with Gasteiger partial charge in [-0.25, -0.2) is 0 Å². The molecule has 6 nitrogen and oxygen atoms in total. The van der Waals surface area contributed by atoms with Crippen molar-refractivity contribution in [1.29, 1.82) is 0 Å². The van der Waals surface area contributed by atoms with Gasteiger partial charge in [0.15, 0.2) is 16.9 Å². The van der Waals surface area contributed by atoms with Gasteiger partial charge in [-0.2, -0.15) is 0 Å². The van der Waals surface area contributed by atoms with Crippen LogP contribution in [0.4, 0.5) is 0 Å². The highest BCUT2D eigenvalue weighted by Crippen LogP contribution is 2.42. The molecule has 0 aliphatic carbocycles. The number of unbranched alkanes of at least 4 members (excludes halogenated alkanes) is 1. The van der Waals surface area contributed by atoms with Crippen molar-refractivity contribution in [3.8, 4) is 11.5 Å². The second-order valence-electron chi connectivity index (χ2n) is 8.75. The smallest absolute Gasteiger partial charge is 0.291 e. The SMILES string of the molecule is CCCCOc1ccc(C2c3c(oc4ccc(Cl)cc4c3=O)C(=O)N2Cc2ccccc2)cc1OC. The molecule has 0 saturated carbocycles. The summed E-state index contributed by atoms with van der Waals surface area (Å²) in [6.45, 7) is 2.98. The van der Waals surface area contributed by atoms with E-state index in [2.05, 4.69) is 6.92 Å². The fourth-order valence-electron chi connectivity index (χ4n) is 4.58. The Labute approximate surface area is 214 Å². The van der Waals surface area contributed by atoms with E-state index in [-0.39, 0.29) is 17.1 Å². The number of carbonyl (C=O) groups is 1. The lowest BCUT2D eigenvalue weighted by atomic mass is 9.97. The summed E-state index contributed by atoms with van der Waals surface area (Å²) in [6.07, 6.45) is 1.94. The molecule has 1 aliphatic heterocycles.